The zero-order valence-electron chi connectivity index (χ0n) is 11.4. The Balaban J connectivity index is 2.84. The minimum absolute atomic E-state index is 0.139. The lowest BCUT2D eigenvalue weighted by Gasteiger charge is -2.16. The van der Waals surface area contributed by atoms with Crippen molar-refractivity contribution >= 4 is 0 Å². The average Bonchev–Trinajstić information content (AvgIpc) is 2.38. The summed E-state index contributed by atoms with van der Waals surface area (Å²) in [7, 11) is 0. The van der Waals surface area contributed by atoms with Crippen molar-refractivity contribution < 1.29 is 14.2 Å². The summed E-state index contributed by atoms with van der Waals surface area (Å²) in [6, 6.07) is 5.64. The summed E-state index contributed by atoms with van der Waals surface area (Å²) in [5.74, 6) is 1.50. The molecule has 0 aromatic heterocycles. The Bertz CT molecular complexity index is 355. The number of hydrogen-bond acceptors (Lipinski definition) is 4. The lowest BCUT2D eigenvalue weighted by Crippen LogP contribution is -2.17. The van der Waals surface area contributed by atoms with Crippen molar-refractivity contribution in [3.8, 4) is 11.5 Å². The predicted octanol–water partition coefficient (Wildman–Crippen LogP) is 2.52. The van der Waals surface area contributed by atoms with Crippen LogP contribution in [0.15, 0.2) is 18.2 Å². The molecule has 0 saturated carbocycles. The van der Waals surface area contributed by atoms with Crippen LogP contribution in [0.25, 0.3) is 0 Å². The number of benzene rings is 1. The van der Waals surface area contributed by atoms with Crippen molar-refractivity contribution in [1.29, 1.82) is 0 Å². The van der Waals surface area contributed by atoms with Crippen molar-refractivity contribution in [3.05, 3.63) is 23.8 Å². The van der Waals surface area contributed by atoms with Gasteiger partial charge >= 0.3 is 0 Å². The van der Waals surface area contributed by atoms with Gasteiger partial charge in [-0.1, -0.05) is 6.07 Å². The molecule has 0 aliphatic carbocycles. The molecule has 0 fully saturated rings. The first-order valence-electron chi connectivity index (χ1n) is 6.45. The van der Waals surface area contributed by atoms with Gasteiger partial charge < -0.3 is 19.9 Å². The normalized spacial score (nSPS) is 12.2. The van der Waals surface area contributed by atoms with Crippen LogP contribution in [-0.2, 0) is 4.74 Å². The monoisotopic (exact) mass is 253 g/mol. The highest BCUT2D eigenvalue weighted by molar-refractivity contribution is 5.43. The number of rotatable bonds is 8. The molecule has 0 aliphatic heterocycles. The molecule has 0 saturated heterocycles. The maximum atomic E-state index is 6.05. The minimum atomic E-state index is -0.139. The predicted molar refractivity (Wildman–Crippen MR) is 72.2 cm³/mol. The summed E-state index contributed by atoms with van der Waals surface area (Å²) in [5.41, 5.74) is 7.04. The fourth-order valence-corrected chi connectivity index (χ4v) is 1.64. The van der Waals surface area contributed by atoms with Gasteiger partial charge in [0.05, 0.1) is 25.9 Å². The molecule has 0 aliphatic rings. The molecule has 0 radical (unpaired) electrons. The van der Waals surface area contributed by atoms with Gasteiger partial charge in [0.15, 0.2) is 11.5 Å². The zero-order chi connectivity index (χ0) is 13.4. The van der Waals surface area contributed by atoms with E-state index in [9.17, 15) is 0 Å². The molecule has 102 valence electrons. The van der Waals surface area contributed by atoms with Gasteiger partial charge in [-0.25, -0.2) is 0 Å². The van der Waals surface area contributed by atoms with E-state index in [2.05, 4.69) is 0 Å². The van der Waals surface area contributed by atoms with Gasteiger partial charge in [0.1, 0.15) is 0 Å². The van der Waals surface area contributed by atoms with Crippen LogP contribution in [0.4, 0.5) is 0 Å². The van der Waals surface area contributed by atoms with Crippen LogP contribution in [0.3, 0.4) is 0 Å². The Labute approximate surface area is 109 Å². The fraction of sp³-hybridized carbons (Fsp3) is 0.571. The highest BCUT2D eigenvalue weighted by Crippen LogP contribution is 2.30. The van der Waals surface area contributed by atoms with Gasteiger partial charge in [-0.15, -0.1) is 0 Å². The highest BCUT2D eigenvalue weighted by atomic mass is 16.5. The van der Waals surface area contributed by atoms with E-state index in [1.807, 2.05) is 39.0 Å². The van der Waals surface area contributed by atoms with Crippen molar-refractivity contribution in [2.45, 2.75) is 26.8 Å². The molecule has 4 heteroatoms. The molecule has 2 N–H and O–H groups in total. The van der Waals surface area contributed by atoms with Gasteiger partial charge in [0, 0.05) is 6.61 Å². The summed E-state index contributed by atoms with van der Waals surface area (Å²) in [5, 5.41) is 0. The lowest BCUT2D eigenvalue weighted by atomic mass is 10.1. The summed E-state index contributed by atoms with van der Waals surface area (Å²) < 4.78 is 16.4. The highest BCUT2D eigenvalue weighted by Gasteiger charge is 2.11. The number of hydrogen-bond donors (Lipinski definition) is 1. The zero-order valence-corrected chi connectivity index (χ0v) is 11.4. The molecule has 4 nitrogen and oxygen atoms in total. The van der Waals surface area contributed by atoms with Crippen molar-refractivity contribution in [3.63, 3.8) is 0 Å². The largest absolute Gasteiger partial charge is 0.490 e. The Morgan fingerprint density at radius 1 is 1.00 bits per heavy atom. The first kappa shape index (κ1) is 14.8. The Hall–Kier alpha value is -1.26. The van der Waals surface area contributed by atoms with Crippen LogP contribution in [0.2, 0.25) is 0 Å². The van der Waals surface area contributed by atoms with Crippen LogP contribution in [-0.4, -0.2) is 26.4 Å². The van der Waals surface area contributed by atoms with Gasteiger partial charge in [-0.05, 0) is 38.5 Å². The molecule has 1 unspecified atom stereocenters. The summed E-state index contributed by atoms with van der Waals surface area (Å²) in [4.78, 5) is 0. The molecular weight excluding hydrogens is 230 g/mol. The summed E-state index contributed by atoms with van der Waals surface area (Å²) >= 11 is 0. The van der Waals surface area contributed by atoms with Gasteiger partial charge in [-0.3, -0.25) is 0 Å². The van der Waals surface area contributed by atoms with Gasteiger partial charge in [0.25, 0.3) is 0 Å². The molecule has 0 heterocycles. The lowest BCUT2D eigenvalue weighted by molar-refractivity contribution is 0.133. The van der Waals surface area contributed by atoms with Crippen LogP contribution >= 0.6 is 0 Å². The Morgan fingerprint density at radius 2 is 1.67 bits per heavy atom. The molecule has 0 spiro atoms. The van der Waals surface area contributed by atoms with E-state index < -0.39 is 0 Å². The number of nitrogens with two attached hydrogens (primary N) is 1. The SMILES string of the molecule is CCOCC(N)c1ccc(OCC)c(OCC)c1. The van der Waals surface area contributed by atoms with Crippen molar-refractivity contribution in [2.75, 3.05) is 26.4 Å². The molecule has 1 atom stereocenters. The standard InChI is InChI=1S/C14H23NO3/c1-4-16-10-12(15)11-7-8-13(17-5-2)14(9-11)18-6-3/h7-9,12H,4-6,10,15H2,1-3H3. The quantitative estimate of drug-likeness (QED) is 0.773. The molecule has 1 aromatic carbocycles. The molecule has 1 aromatic rings. The summed E-state index contributed by atoms with van der Waals surface area (Å²) in [6.07, 6.45) is 0. The van der Waals surface area contributed by atoms with Crippen LogP contribution in [0.1, 0.15) is 32.4 Å². The second-order valence-electron chi connectivity index (χ2n) is 3.84. The molecule has 0 amide bonds. The van der Waals surface area contributed by atoms with Gasteiger partial charge in [0.2, 0.25) is 0 Å². The third kappa shape index (κ3) is 4.20. The second-order valence-corrected chi connectivity index (χ2v) is 3.84. The second kappa shape index (κ2) is 7.95. The van der Waals surface area contributed by atoms with Crippen LogP contribution in [0.5, 0.6) is 11.5 Å². The third-order valence-corrected chi connectivity index (χ3v) is 2.50. The van der Waals surface area contributed by atoms with E-state index in [1.165, 1.54) is 0 Å². The van der Waals surface area contributed by atoms with Crippen LogP contribution < -0.4 is 15.2 Å². The fourth-order valence-electron chi connectivity index (χ4n) is 1.64. The summed E-state index contributed by atoms with van der Waals surface area (Å²) in [6.45, 7) is 8.25. The molecule has 18 heavy (non-hydrogen) atoms. The minimum Gasteiger partial charge on any atom is -0.490 e. The van der Waals surface area contributed by atoms with E-state index in [-0.39, 0.29) is 6.04 Å². The van der Waals surface area contributed by atoms with Crippen LogP contribution in [0, 0.1) is 0 Å². The Kier molecular flexibility index (Phi) is 6.54. The topological polar surface area (TPSA) is 53.7 Å². The van der Waals surface area contributed by atoms with E-state index in [0.717, 1.165) is 17.1 Å². The number of ether oxygens (including phenoxy) is 3. The van der Waals surface area contributed by atoms with Gasteiger partial charge in [-0.2, -0.15) is 0 Å². The maximum Gasteiger partial charge on any atom is 0.161 e. The maximum absolute atomic E-state index is 6.05. The smallest absolute Gasteiger partial charge is 0.161 e. The Morgan fingerprint density at radius 3 is 2.28 bits per heavy atom. The average molecular weight is 253 g/mol. The van der Waals surface area contributed by atoms with E-state index in [1.54, 1.807) is 0 Å². The van der Waals surface area contributed by atoms with Crippen molar-refractivity contribution in [1.82, 2.24) is 0 Å². The first-order valence-corrected chi connectivity index (χ1v) is 6.45. The van der Waals surface area contributed by atoms with E-state index in [4.69, 9.17) is 19.9 Å². The van der Waals surface area contributed by atoms with Crippen molar-refractivity contribution in [2.24, 2.45) is 5.73 Å². The molecule has 0 bridgehead atoms. The molecular formula is C14H23NO3. The van der Waals surface area contributed by atoms with E-state index in [0.29, 0.717) is 26.4 Å². The van der Waals surface area contributed by atoms with E-state index >= 15 is 0 Å². The molecule has 1 rings (SSSR count). The third-order valence-electron chi connectivity index (χ3n) is 2.50. The first-order chi connectivity index (χ1) is 8.72.